The fourth-order valence-corrected chi connectivity index (χ4v) is 6.56. The Morgan fingerprint density at radius 3 is 2.42 bits per heavy atom. The number of hydrogen-bond donors (Lipinski definition) is 1. The minimum absolute atomic E-state index is 0.0150. The Bertz CT molecular complexity index is 1110. The van der Waals surface area contributed by atoms with Crippen LogP contribution < -0.4 is 0 Å². The van der Waals surface area contributed by atoms with Crippen molar-refractivity contribution in [2.24, 2.45) is 22.7 Å². The highest BCUT2D eigenvalue weighted by molar-refractivity contribution is 6.23. The lowest BCUT2D eigenvalue weighted by molar-refractivity contribution is -0.156. The van der Waals surface area contributed by atoms with Crippen LogP contribution >= 0.6 is 0 Å². The molecule has 4 atom stereocenters. The largest absolute Gasteiger partial charge is 0.507 e. The number of ketones is 4. The molecule has 0 saturated heterocycles. The van der Waals surface area contributed by atoms with Crippen LogP contribution in [0.4, 0.5) is 0 Å². The Labute approximate surface area is 182 Å². The Hall–Kier alpha value is -2.56. The zero-order valence-electron chi connectivity index (χ0n) is 19.1. The minimum atomic E-state index is -1.25. The summed E-state index contributed by atoms with van der Waals surface area (Å²) in [5, 5.41) is 10.8. The van der Waals surface area contributed by atoms with E-state index in [1.807, 2.05) is 19.9 Å². The standard InChI is InChI=1S/C26H30O5/c1-7-15-8-12(2)22(29)21-17(15)9-16-10-25(5)11-18(28)20(14(4)27)24(31)26(25,6)13(3)19(16)23(21)30/h8,16,20,29H,7,9-11H2,1-6H3. The van der Waals surface area contributed by atoms with Gasteiger partial charge in [-0.2, -0.15) is 0 Å². The molecule has 1 saturated carbocycles. The molecule has 0 radical (unpaired) electrons. The predicted octanol–water partition coefficient (Wildman–Crippen LogP) is 4.10. The van der Waals surface area contributed by atoms with Gasteiger partial charge in [-0.3, -0.25) is 19.2 Å². The fourth-order valence-electron chi connectivity index (χ4n) is 6.56. The Morgan fingerprint density at radius 1 is 1.19 bits per heavy atom. The lowest BCUT2D eigenvalue weighted by atomic mass is 9.44. The molecule has 1 aromatic carbocycles. The maximum Gasteiger partial charge on any atom is 0.193 e. The van der Waals surface area contributed by atoms with E-state index in [-0.39, 0.29) is 35.4 Å². The molecule has 0 aliphatic heterocycles. The topological polar surface area (TPSA) is 88.5 Å². The molecule has 4 unspecified atom stereocenters. The molecular formula is C26H30O5. The van der Waals surface area contributed by atoms with E-state index in [0.717, 1.165) is 17.5 Å². The molecule has 31 heavy (non-hydrogen) atoms. The highest BCUT2D eigenvalue weighted by Gasteiger charge is 2.63. The quantitative estimate of drug-likeness (QED) is 0.725. The molecule has 1 N–H and O–H groups in total. The second kappa shape index (κ2) is 6.72. The number of phenols is 1. The van der Waals surface area contributed by atoms with Crippen molar-refractivity contribution in [3.8, 4) is 5.75 Å². The predicted molar refractivity (Wildman–Crippen MR) is 116 cm³/mol. The van der Waals surface area contributed by atoms with E-state index in [1.165, 1.54) is 6.92 Å². The summed E-state index contributed by atoms with van der Waals surface area (Å²) in [6.07, 6.45) is 2.05. The Morgan fingerprint density at radius 2 is 1.84 bits per heavy atom. The number of carbonyl (C=O) groups is 4. The SMILES string of the molecule is CCc1cc(C)c(O)c2c1CC1CC3(C)CC(=O)C(C(C)=O)C(=O)C3(C)C(C)=C1C2=O. The normalized spacial score (nSPS) is 32.5. The molecule has 5 heteroatoms. The second-order valence-electron chi connectivity index (χ2n) is 10.1. The summed E-state index contributed by atoms with van der Waals surface area (Å²) in [5.74, 6) is -2.69. The van der Waals surface area contributed by atoms with Gasteiger partial charge in [-0.1, -0.05) is 25.5 Å². The van der Waals surface area contributed by atoms with Gasteiger partial charge in [0.25, 0.3) is 0 Å². The number of phenolic OH excluding ortho intramolecular Hbond substituents is 1. The first-order chi connectivity index (χ1) is 14.4. The third-order valence-corrected chi connectivity index (χ3v) is 8.51. The monoisotopic (exact) mass is 422 g/mol. The summed E-state index contributed by atoms with van der Waals surface area (Å²) < 4.78 is 0. The molecule has 4 rings (SSSR count). The van der Waals surface area contributed by atoms with Crippen LogP contribution in [0.5, 0.6) is 5.75 Å². The third kappa shape index (κ3) is 2.61. The van der Waals surface area contributed by atoms with Gasteiger partial charge in [0.15, 0.2) is 17.3 Å². The molecule has 164 valence electrons. The molecule has 0 bridgehead atoms. The van der Waals surface area contributed by atoms with Crippen molar-refractivity contribution >= 4 is 23.1 Å². The fraction of sp³-hybridized carbons (Fsp3) is 0.538. The number of Topliss-reactive ketones (excluding diaryl/α,β-unsaturated/α-hetero) is 4. The van der Waals surface area contributed by atoms with Crippen LogP contribution in [0.25, 0.3) is 0 Å². The minimum Gasteiger partial charge on any atom is -0.507 e. The molecular weight excluding hydrogens is 392 g/mol. The summed E-state index contributed by atoms with van der Waals surface area (Å²) >= 11 is 0. The molecule has 1 fully saturated rings. The molecule has 3 aliphatic carbocycles. The van der Waals surface area contributed by atoms with E-state index in [9.17, 15) is 24.3 Å². The van der Waals surface area contributed by atoms with Crippen LogP contribution in [-0.4, -0.2) is 28.2 Å². The summed E-state index contributed by atoms with van der Waals surface area (Å²) in [6, 6.07) is 1.95. The highest BCUT2D eigenvalue weighted by Crippen LogP contribution is 2.62. The van der Waals surface area contributed by atoms with Crippen LogP contribution in [0.3, 0.4) is 0 Å². The van der Waals surface area contributed by atoms with Gasteiger partial charge in [0.2, 0.25) is 0 Å². The van der Waals surface area contributed by atoms with Gasteiger partial charge in [0, 0.05) is 12.0 Å². The number of hydrogen-bond acceptors (Lipinski definition) is 5. The molecule has 0 heterocycles. The van der Waals surface area contributed by atoms with Crippen LogP contribution in [-0.2, 0) is 27.2 Å². The van der Waals surface area contributed by atoms with Crippen molar-refractivity contribution in [1.29, 1.82) is 0 Å². The van der Waals surface area contributed by atoms with Crippen LogP contribution in [0.1, 0.15) is 74.5 Å². The molecule has 3 aliphatic rings. The molecule has 5 nitrogen and oxygen atoms in total. The van der Waals surface area contributed by atoms with Crippen molar-refractivity contribution < 1.29 is 24.3 Å². The van der Waals surface area contributed by atoms with Crippen molar-refractivity contribution in [3.05, 3.63) is 39.5 Å². The molecule has 0 amide bonds. The Balaban J connectivity index is 1.97. The van der Waals surface area contributed by atoms with E-state index < -0.39 is 22.5 Å². The first-order valence-corrected chi connectivity index (χ1v) is 11.1. The summed E-state index contributed by atoms with van der Waals surface area (Å²) in [4.78, 5) is 52.3. The maximum atomic E-state index is 13.7. The van der Waals surface area contributed by atoms with Gasteiger partial charge in [-0.05, 0) is 75.0 Å². The lowest BCUT2D eigenvalue weighted by Gasteiger charge is -2.56. The smallest absolute Gasteiger partial charge is 0.193 e. The lowest BCUT2D eigenvalue weighted by Crippen LogP contribution is -2.59. The number of allylic oxidation sites excluding steroid dienone is 2. The number of aryl methyl sites for hydroxylation is 2. The van der Waals surface area contributed by atoms with Crippen LogP contribution in [0.15, 0.2) is 17.2 Å². The maximum absolute atomic E-state index is 13.7. The molecule has 1 aromatic rings. The summed E-state index contributed by atoms with van der Waals surface area (Å²) in [6.45, 7) is 10.7. The molecule has 0 spiro atoms. The van der Waals surface area contributed by atoms with Gasteiger partial charge < -0.3 is 5.11 Å². The zero-order valence-corrected chi connectivity index (χ0v) is 19.1. The average Bonchev–Trinajstić information content (AvgIpc) is 2.67. The number of benzene rings is 1. The van der Waals surface area contributed by atoms with Crippen LogP contribution in [0, 0.1) is 29.6 Å². The summed E-state index contributed by atoms with van der Waals surface area (Å²) in [5.41, 5.74) is 2.50. The number of fused-ring (bicyclic) bond motifs is 3. The number of carbonyl (C=O) groups excluding carboxylic acids is 4. The van der Waals surface area contributed by atoms with E-state index in [4.69, 9.17) is 0 Å². The van der Waals surface area contributed by atoms with Crippen LogP contribution in [0.2, 0.25) is 0 Å². The zero-order chi connectivity index (χ0) is 23.0. The van der Waals surface area contributed by atoms with Crippen molar-refractivity contribution in [2.45, 2.75) is 67.2 Å². The number of rotatable bonds is 2. The van der Waals surface area contributed by atoms with E-state index in [1.54, 1.807) is 20.8 Å². The second-order valence-corrected chi connectivity index (χ2v) is 10.1. The Kier molecular flexibility index (Phi) is 4.69. The van der Waals surface area contributed by atoms with Gasteiger partial charge >= 0.3 is 0 Å². The van der Waals surface area contributed by atoms with Crippen molar-refractivity contribution in [2.75, 3.05) is 0 Å². The van der Waals surface area contributed by atoms with E-state index in [2.05, 4.69) is 0 Å². The van der Waals surface area contributed by atoms with Crippen molar-refractivity contribution in [3.63, 3.8) is 0 Å². The van der Waals surface area contributed by atoms with Gasteiger partial charge in [-0.25, -0.2) is 0 Å². The first-order valence-electron chi connectivity index (χ1n) is 11.1. The average molecular weight is 423 g/mol. The van der Waals surface area contributed by atoms with Gasteiger partial charge in [0.05, 0.1) is 11.0 Å². The summed E-state index contributed by atoms with van der Waals surface area (Å²) in [7, 11) is 0. The van der Waals surface area contributed by atoms with E-state index in [0.29, 0.717) is 35.1 Å². The van der Waals surface area contributed by atoms with Gasteiger partial charge in [0.1, 0.15) is 17.5 Å². The van der Waals surface area contributed by atoms with E-state index >= 15 is 0 Å². The van der Waals surface area contributed by atoms with Crippen molar-refractivity contribution in [1.82, 2.24) is 0 Å². The first kappa shape index (κ1) is 21.7. The molecule has 0 aromatic heterocycles. The highest BCUT2D eigenvalue weighted by atomic mass is 16.3. The number of aromatic hydroxyl groups is 1. The third-order valence-electron chi connectivity index (χ3n) is 8.51. The van der Waals surface area contributed by atoms with Gasteiger partial charge in [-0.15, -0.1) is 0 Å².